The molecule has 6 nitrogen and oxygen atoms in total. The van der Waals surface area contributed by atoms with E-state index in [4.69, 9.17) is 4.42 Å². The topological polar surface area (TPSA) is 72.1 Å². The molecule has 0 spiro atoms. The smallest absolute Gasteiger partial charge is 0.314 e. The van der Waals surface area contributed by atoms with Crippen molar-refractivity contribution in [3.8, 4) is 11.5 Å². The number of benzene rings is 1. The molecular weight excluding hydrogens is 356 g/mol. The van der Waals surface area contributed by atoms with Gasteiger partial charge in [0.1, 0.15) is 17.5 Å². The number of nitrogens with zero attached hydrogens (tertiary/aromatic N) is 4. The number of hydrogen-bond donors (Lipinski definition) is 0. The Hall–Kier alpha value is -3.30. The van der Waals surface area contributed by atoms with Crippen LogP contribution in [0.25, 0.3) is 11.5 Å². The summed E-state index contributed by atoms with van der Waals surface area (Å²) >= 11 is 0. The predicted octanol–water partition coefficient (Wildman–Crippen LogP) is 3.51. The molecule has 2 heterocycles. The Balaban J connectivity index is 1.82. The van der Waals surface area contributed by atoms with Crippen molar-refractivity contribution in [2.24, 2.45) is 0 Å². The van der Waals surface area contributed by atoms with Gasteiger partial charge in [-0.25, -0.2) is 13.8 Å². The van der Waals surface area contributed by atoms with Crippen LogP contribution in [-0.2, 0) is 11.3 Å². The Morgan fingerprint density at radius 2 is 1.96 bits per heavy atom. The van der Waals surface area contributed by atoms with Gasteiger partial charge in [-0.3, -0.25) is 9.69 Å². The zero-order valence-corrected chi connectivity index (χ0v) is 12.9. The lowest BCUT2D eigenvalue weighted by Gasteiger charge is -2.16. The number of anilines is 1. The maximum absolute atomic E-state index is 14.3. The molecule has 0 bridgehead atoms. The molecule has 3 rings (SSSR count). The second kappa shape index (κ2) is 7.30. The highest BCUT2D eigenvalue weighted by atomic mass is 19.3. The van der Waals surface area contributed by atoms with Crippen molar-refractivity contribution in [3.63, 3.8) is 0 Å². The Bertz CT molecular complexity index is 915. The molecule has 0 saturated heterocycles. The molecule has 1 amide bonds. The molecule has 1 aromatic carbocycles. The quantitative estimate of drug-likeness (QED) is 0.493. The highest BCUT2D eigenvalue weighted by Gasteiger charge is 2.18. The number of pyridine rings is 1. The van der Waals surface area contributed by atoms with Crippen molar-refractivity contribution in [2.45, 2.75) is 13.0 Å². The highest BCUT2D eigenvalue weighted by Crippen LogP contribution is 2.25. The van der Waals surface area contributed by atoms with Gasteiger partial charge >= 0.3 is 6.43 Å². The van der Waals surface area contributed by atoms with Crippen molar-refractivity contribution in [3.05, 3.63) is 59.6 Å². The van der Waals surface area contributed by atoms with Crippen molar-refractivity contribution >= 4 is 12.2 Å². The molecule has 0 atom stereocenters. The summed E-state index contributed by atoms with van der Waals surface area (Å²) in [5.74, 6) is -2.26. The van der Waals surface area contributed by atoms with E-state index in [-0.39, 0.29) is 29.4 Å². The lowest BCUT2D eigenvalue weighted by Crippen LogP contribution is -2.22. The van der Waals surface area contributed by atoms with Gasteiger partial charge in [0, 0.05) is 11.1 Å². The minimum Gasteiger partial charge on any atom is -0.415 e. The molecule has 0 N–H and O–H groups in total. The van der Waals surface area contributed by atoms with Gasteiger partial charge in [-0.2, -0.15) is 8.78 Å². The maximum Gasteiger partial charge on any atom is 0.314 e. The third kappa shape index (κ3) is 3.68. The summed E-state index contributed by atoms with van der Waals surface area (Å²) in [5.41, 5.74) is 0.240. The van der Waals surface area contributed by atoms with Crippen LogP contribution in [0.2, 0.25) is 0 Å². The van der Waals surface area contributed by atoms with Gasteiger partial charge in [0.2, 0.25) is 12.3 Å². The van der Waals surface area contributed by atoms with Crippen LogP contribution in [0, 0.1) is 11.6 Å². The largest absolute Gasteiger partial charge is 0.415 e. The van der Waals surface area contributed by atoms with Gasteiger partial charge in [0.15, 0.2) is 0 Å². The van der Waals surface area contributed by atoms with E-state index >= 15 is 0 Å². The summed E-state index contributed by atoms with van der Waals surface area (Å²) in [6.07, 6.45) is -1.56. The van der Waals surface area contributed by atoms with Crippen molar-refractivity contribution < 1.29 is 26.8 Å². The molecule has 134 valence electrons. The van der Waals surface area contributed by atoms with E-state index < -0.39 is 24.0 Å². The van der Waals surface area contributed by atoms with Gasteiger partial charge in [0.05, 0.1) is 12.7 Å². The summed E-state index contributed by atoms with van der Waals surface area (Å²) in [4.78, 5) is 16.1. The summed E-state index contributed by atoms with van der Waals surface area (Å²) in [7, 11) is 0. The van der Waals surface area contributed by atoms with E-state index in [0.29, 0.717) is 6.41 Å². The lowest BCUT2D eigenvalue weighted by atomic mass is 10.1. The number of amides is 1. The number of carbonyl (C=O) groups excluding carboxylic acids is 1. The minimum absolute atomic E-state index is 0.114. The Morgan fingerprint density at radius 1 is 1.15 bits per heavy atom. The second-order valence-electron chi connectivity index (χ2n) is 5.12. The third-order valence-corrected chi connectivity index (χ3v) is 3.40. The van der Waals surface area contributed by atoms with Crippen LogP contribution < -0.4 is 4.90 Å². The number of aromatic nitrogens is 3. The van der Waals surface area contributed by atoms with Gasteiger partial charge in [-0.05, 0) is 24.3 Å². The molecule has 0 aliphatic rings. The van der Waals surface area contributed by atoms with E-state index in [1.54, 1.807) is 0 Å². The molecule has 10 heteroatoms. The van der Waals surface area contributed by atoms with E-state index in [9.17, 15) is 22.4 Å². The van der Waals surface area contributed by atoms with Crippen LogP contribution in [0.3, 0.4) is 0 Å². The number of rotatable bonds is 6. The zero-order valence-electron chi connectivity index (χ0n) is 12.9. The molecule has 0 radical (unpaired) electrons. The van der Waals surface area contributed by atoms with Gasteiger partial charge in [-0.15, -0.1) is 10.2 Å². The molecule has 2 aromatic heterocycles. The first-order valence-corrected chi connectivity index (χ1v) is 7.22. The number of halogens is 4. The standard InChI is InChI=1S/C16H10F4N4O2/c17-11-3-4-13(21-6-11)24(8-25)7-10-2-1-9(5-12(10)18)15-22-23-16(26-15)14(19)20/h1-6,8,14H,7H2. The molecule has 0 aliphatic carbocycles. The molecule has 0 fully saturated rings. The Morgan fingerprint density at radius 3 is 2.54 bits per heavy atom. The first kappa shape index (κ1) is 17.5. The van der Waals surface area contributed by atoms with Crippen LogP contribution in [0.15, 0.2) is 40.9 Å². The average Bonchev–Trinajstić information content (AvgIpc) is 3.12. The first-order valence-electron chi connectivity index (χ1n) is 7.22. The fourth-order valence-electron chi connectivity index (χ4n) is 2.14. The molecule has 0 saturated carbocycles. The SMILES string of the molecule is O=CN(Cc1ccc(-c2nnc(C(F)F)o2)cc1F)c1ccc(F)cn1. The van der Waals surface area contributed by atoms with Gasteiger partial charge in [0.25, 0.3) is 5.89 Å². The van der Waals surface area contributed by atoms with Gasteiger partial charge in [-0.1, -0.05) is 6.07 Å². The monoisotopic (exact) mass is 366 g/mol. The van der Waals surface area contributed by atoms with Crippen LogP contribution in [0.4, 0.5) is 23.4 Å². The maximum atomic E-state index is 14.3. The highest BCUT2D eigenvalue weighted by molar-refractivity contribution is 5.72. The fourth-order valence-corrected chi connectivity index (χ4v) is 2.14. The molecule has 26 heavy (non-hydrogen) atoms. The van der Waals surface area contributed by atoms with Crippen LogP contribution in [0.1, 0.15) is 17.9 Å². The van der Waals surface area contributed by atoms with E-state index in [1.807, 2.05) is 0 Å². The van der Waals surface area contributed by atoms with Crippen molar-refractivity contribution in [1.82, 2.24) is 15.2 Å². The number of hydrogen-bond acceptors (Lipinski definition) is 5. The van der Waals surface area contributed by atoms with E-state index in [0.717, 1.165) is 23.2 Å². The first-order chi connectivity index (χ1) is 12.5. The van der Waals surface area contributed by atoms with E-state index in [2.05, 4.69) is 15.2 Å². The molecule has 3 aromatic rings. The number of alkyl halides is 2. The summed E-state index contributed by atoms with van der Waals surface area (Å²) in [5, 5.41) is 6.61. The van der Waals surface area contributed by atoms with E-state index in [1.165, 1.54) is 18.2 Å². The summed E-state index contributed by atoms with van der Waals surface area (Å²) < 4.78 is 56.9. The second-order valence-corrected chi connectivity index (χ2v) is 5.12. The van der Waals surface area contributed by atoms with Crippen LogP contribution in [0.5, 0.6) is 0 Å². The van der Waals surface area contributed by atoms with Crippen molar-refractivity contribution in [1.29, 1.82) is 0 Å². The normalized spacial score (nSPS) is 11.0. The summed E-state index contributed by atoms with van der Waals surface area (Å²) in [6, 6.07) is 6.16. The zero-order chi connectivity index (χ0) is 18.7. The molecule has 0 aliphatic heterocycles. The van der Waals surface area contributed by atoms with Crippen LogP contribution >= 0.6 is 0 Å². The third-order valence-electron chi connectivity index (χ3n) is 3.40. The van der Waals surface area contributed by atoms with Crippen molar-refractivity contribution in [2.75, 3.05) is 4.90 Å². The molecular formula is C16H10F4N4O2. The molecule has 0 unspecified atom stereocenters. The number of carbonyl (C=O) groups is 1. The van der Waals surface area contributed by atoms with Crippen LogP contribution in [-0.4, -0.2) is 21.6 Å². The summed E-state index contributed by atoms with van der Waals surface area (Å²) in [6.45, 7) is -0.166. The minimum atomic E-state index is -2.93. The Labute approximate surface area is 144 Å². The van der Waals surface area contributed by atoms with Gasteiger partial charge < -0.3 is 4.42 Å². The Kier molecular flexibility index (Phi) is 4.92. The fraction of sp³-hybridized carbons (Fsp3) is 0.125. The predicted molar refractivity (Wildman–Crippen MR) is 81.1 cm³/mol. The average molecular weight is 366 g/mol. The lowest BCUT2D eigenvalue weighted by molar-refractivity contribution is -0.107.